The Labute approximate surface area is 122 Å². The first kappa shape index (κ1) is 14.1. The van der Waals surface area contributed by atoms with Gasteiger partial charge in [0.1, 0.15) is 0 Å². The summed E-state index contributed by atoms with van der Waals surface area (Å²) in [5, 5.41) is 9.54. The molecule has 0 unspecified atom stereocenters. The molecule has 4 nitrogen and oxygen atoms in total. The molecule has 0 atom stereocenters. The van der Waals surface area contributed by atoms with Gasteiger partial charge >= 0.3 is 0 Å². The van der Waals surface area contributed by atoms with Crippen LogP contribution >= 0.6 is 23.2 Å². The molecule has 0 radical (unpaired) electrons. The molecule has 1 aromatic rings. The van der Waals surface area contributed by atoms with Gasteiger partial charge in [-0.1, -0.05) is 23.2 Å². The molecule has 1 saturated heterocycles. The molecule has 0 aliphatic carbocycles. The quantitative estimate of drug-likeness (QED) is 0.787. The van der Waals surface area contributed by atoms with Gasteiger partial charge < -0.3 is 4.90 Å². The van der Waals surface area contributed by atoms with E-state index in [1.165, 1.54) is 0 Å². The number of amides is 1. The van der Waals surface area contributed by atoms with Crippen LogP contribution in [0.4, 0.5) is 0 Å². The molecule has 0 spiro atoms. The smallest absolute Gasteiger partial charge is 0.255 e. The molecule has 2 rings (SSSR count). The topological polar surface area (TPSA) is 47.3 Å². The molecule has 6 heteroatoms. The van der Waals surface area contributed by atoms with Gasteiger partial charge in [0.25, 0.3) is 5.91 Å². The molecule has 19 heavy (non-hydrogen) atoms. The lowest BCUT2D eigenvalue weighted by Crippen LogP contribution is -2.48. The van der Waals surface area contributed by atoms with Gasteiger partial charge in [0.15, 0.2) is 0 Å². The number of nitrogens with zero attached hydrogens (tertiary/aromatic N) is 3. The van der Waals surface area contributed by atoms with Crippen LogP contribution in [0.25, 0.3) is 0 Å². The maximum Gasteiger partial charge on any atom is 0.255 e. The molecular weight excluding hydrogens is 285 g/mol. The number of hydrogen-bond donors (Lipinski definition) is 0. The van der Waals surface area contributed by atoms with Crippen molar-refractivity contribution in [1.29, 1.82) is 5.26 Å². The van der Waals surface area contributed by atoms with Crippen LogP contribution in [0.1, 0.15) is 10.4 Å². The summed E-state index contributed by atoms with van der Waals surface area (Å²) in [5.74, 6) is -0.107. The van der Waals surface area contributed by atoms with E-state index in [9.17, 15) is 4.79 Å². The molecule has 100 valence electrons. The van der Waals surface area contributed by atoms with E-state index in [1.807, 2.05) is 4.90 Å². The van der Waals surface area contributed by atoms with Crippen molar-refractivity contribution in [2.24, 2.45) is 0 Å². The van der Waals surface area contributed by atoms with Crippen LogP contribution < -0.4 is 0 Å². The fourth-order valence-electron chi connectivity index (χ4n) is 2.04. The first-order valence-electron chi connectivity index (χ1n) is 5.95. The van der Waals surface area contributed by atoms with Gasteiger partial charge in [-0.3, -0.25) is 9.69 Å². The Kier molecular flexibility index (Phi) is 4.65. The summed E-state index contributed by atoms with van der Waals surface area (Å²) < 4.78 is 0. The predicted molar refractivity (Wildman–Crippen MR) is 74.4 cm³/mol. The molecule has 1 aliphatic rings. The zero-order valence-corrected chi connectivity index (χ0v) is 11.8. The number of piperazine rings is 1. The number of hydrogen-bond acceptors (Lipinski definition) is 3. The van der Waals surface area contributed by atoms with Crippen LogP contribution in [0.15, 0.2) is 18.2 Å². The van der Waals surface area contributed by atoms with Crippen molar-refractivity contribution >= 4 is 29.1 Å². The Balaban J connectivity index is 2.05. The number of halogens is 2. The van der Waals surface area contributed by atoms with Crippen molar-refractivity contribution in [2.45, 2.75) is 0 Å². The molecule has 1 heterocycles. The highest BCUT2D eigenvalue weighted by atomic mass is 35.5. The Morgan fingerprint density at radius 2 is 1.95 bits per heavy atom. The summed E-state index contributed by atoms with van der Waals surface area (Å²) in [6.07, 6.45) is 0. The second-order valence-electron chi connectivity index (χ2n) is 4.35. The average Bonchev–Trinajstić information content (AvgIpc) is 2.42. The highest BCUT2D eigenvalue weighted by Gasteiger charge is 2.23. The van der Waals surface area contributed by atoms with Crippen LogP contribution in [0, 0.1) is 11.3 Å². The summed E-state index contributed by atoms with van der Waals surface area (Å²) in [4.78, 5) is 16.1. The lowest BCUT2D eigenvalue weighted by atomic mass is 10.2. The minimum atomic E-state index is -0.107. The first-order valence-corrected chi connectivity index (χ1v) is 6.71. The molecule has 1 aliphatic heterocycles. The third kappa shape index (κ3) is 3.38. The number of carbonyl (C=O) groups is 1. The van der Waals surface area contributed by atoms with E-state index in [4.69, 9.17) is 28.5 Å². The molecule has 0 aromatic heterocycles. The van der Waals surface area contributed by atoms with Gasteiger partial charge in [-0.25, -0.2) is 0 Å². The Morgan fingerprint density at radius 1 is 1.26 bits per heavy atom. The van der Waals surface area contributed by atoms with E-state index in [0.717, 1.165) is 0 Å². The van der Waals surface area contributed by atoms with Gasteiger partial charge in [-0.2, -0.15) is 5.26 Å². The third-order valence-corrected chi connectivity index (χ3v) is 3.68. The molecule has 1 amide bonds. The minimum Gasteiger partial charge on any atom is -0.336 e. The van der Waals surface area contributed by atoms with Gasteiger partial charge in [0.2, 0.25) is 0 Å². The zero-order chi connectivity index (χ0) is 13.8. The summed E-state index contributed by atoms with van der Waals surface area (Å²) in [6, 6.07) is 6.99. The van der Waals surface area contributed by atoms with E-state index in [2.05, 4.69) is 6.07 Å². The van der Waals surface area contributed by atoms with E-state index < -0.39 is 0 Å². The molecule has 0 saturated carbocycles. The predicted octanol–water partition coefficient (Wildman–Crippen LogP) is 2.27. The second kappa shape index (κ2) is 6.25. The molecule has 0 bridgehead atoms. The van der Waals surface area contributed by atoms with Crippen LogP contribution in [-0.2, 0) is 0 Å². The van der Waals surface area contributed by atoms with Gasteiger partial charge in [0, 0.05) is 31.2 Å². The zero-order valence-electron chi connectivity index (χ0n) is 10.3. The number of carbonyl (C=O) groups excluding carboxylic acids is 1. The van der Waals surface area contributed by atoms with Crippen molar-refractivity contribution < 1.29 is 4.79 Å². The lowest BCUT2D eigenvalue weighted by molar-refractivity contribution is 0.0652. The minimum absolute atomic E-state index is 0.107. The highest BCUT2D eigenvalue weighted by Crippen LogP contribution is 2.22. The summed E-state index contributed by atoms with van der Waals surface area (Å²) in [5.41, 5.74) is 0.433. The van der Waals surface area contributed by atoms with Crippen LogP contribution in [0.2, 0.25) is 10.0 Å². The van der Waals surface area contributed by atoms with E-state index in [0.29, 0.717) is 48.3 Å². The second-order valence-corrected chi connectivity index (χ2v) is 5.19. The average molecular weight is 298 g/mol. The number of nitriles is 1. The van der Waals surface area contributed by atoms with Crippen molar-refractivity contribution in [3.8, 4) is 6.07 Å². The van der Waals surface area contributed by atoms with Crippen molar-refractivity contribution in [3.63, 3.8) is 0 Å². The van der Waals surface area contributed by atoms with E-state index in [1.54, 1.807) is 23.1 Å². The Bertz CT molecular complexity index is 519. The number of rotatable bonds is 2. The SMILES string of the molecule is N#CCN1CCN(C(=O)c2cc(Cl)ccc2Cl)CC1. The van der Waals surface area contributed by atoms with Gasteiger partial charge in [-0.05, 0) is 18.2 Å². The largest absolute Gasteiger partial charge is 0.336 e. The Morgan fingerprint density at radius 3 is 2.58 bits per heavy atom. The third-order valence-electron chi connectivity index (χ3n) is 3.11. The van der Waals surface area contributed by atoms with Crippen molar-refractivity contribution in [2.75, 3.05) is 32.7 Å². The van der Waals surface area contributed by atoms with Crippen molar-refractivity contribution in [1.82, 2.24) is 9.80 Å². The fourth-order valence-corrected chi connectivity index (χ4v) is 2.41. The normalized spacial score (nSPS) is 16.2. The standard InChI is InChI=1S/C13H13Cl2N3O/c14-10-1-2-12(15)11(9-10)13(19)18-7-5-17(4-3-16)6-8-18/h1-2,9H,4-8H2. The monoisotopic (exact) mass is 297 g/mol. The fraction of sp³-hybridized carbons (Fsp3) is 0.385. The lowest BCUT2D eigenvalue weighted by Gasteiger charge is -2.33. The maximum absolute atomic E-state index is 12.3. The van der Waals surface area contributed by atoms with Gasteiger partial charge in [-0.15, -0.1) is 0 Å². The van der Waals surface area contributed by atoms with Crippen molar-refractivity contribution in [3.05, 3.63) is 33.8 Å². The first-order chi connectivity index (χ1) is 9.11. The molecule has 0 N–H and O–H groups in total. The molecular formula is C13H13Cl2N3O. The summed E-state index contributed by atoms with van der Waals surface area (Å²) >= 11 is 11.9. The molecule has 1 aromatic carbocycles. The van der Waals surface area contributed by atoms with E-state index in [-0.39, 0.29) is 5.91 Å². The number of benzene rings is 1. The van der Waals surface area contributed by atoms with E-state index >= 15 is 0 Å². The summed E-state index contributed by atoms with van der Waals surface area (Å²) in [7, 11) is 0. The van der Waals surface area contributed by atoms with Crippen LogP contribution in [-0.4, -0.2) is 48.4 Å². The summed E-state index contributed by atoms with van der Waals surface area (Å²) in [6.45, 7) is 3.02. The highest BCUT2D eigenvalue weighted by molar-refractivity contribution is 6.35. The Hall–Kier alpha value is -1.28. The van der Waals surface area contributed by atoms with Gasteiger partial charge in [0.05, 0.1) is 23.2 Å². The molecule has 1 fully saturated rings. The maximum atomic E-state index is 12.3. The van der Waals surface area contributed by atoms with Crippen LogP contribution in [0.3, 0.4) is 0 Å². The van der Waals surface area contributed by atoms with Crippen LogP contribution in [0.5, 0.6) is 0 Å².